The van der Waals surface area contributed by atoms with E-state index >= 15 is 0 Å². The van der Waals surface area contributed by atoms with Crippen molar-refractivity contribution in [2.24, 2.45) is 0 Å². The van der Waals surface area contributed by atoms with E-state index in [1.807, 2.05) is 38.1 Å². The molecule has 2 amide bonds. The van der Waals surface area contributed by atoms with Crippen LogP contribution in [0.15, 0.2) is 65.3 Å². The molecule has 0 fully saturated rings. The van der Waals surface area contributed by atoms with Crippen molar-refractivity contribution in [3.8, 4) is 5.75 Å². The van der Waals surface area contributed by atoms with Crippen molar-refractivity contribution in [3.05, 3.63) is 83.3 Å². The fourth-order valence-electron chi connectivity index (χ4n) is 3.06. The van der Waals surface area contributed by atoms with Crippen LogP contribution in [0.25, 0.3) is 0 Å². The monoisotopic (exact) mass is 442 g/mol. The Morgan fingerprint density at radius 3 is 2.26 bits per heavy atom. The molecule has 0 aliphatic rings. The summed E-state index contributed by atoms with van der Waals surface area (Å²) in [6.07, 6.45) is 1.57. The number of aryl methyl sites for hydroxylation is 2. The molecular weight excluding hydrogens is 416 g/mol. The SMILES string of the molecule is CCS(=O)(=O)Oc1ccc(CN(Cc2ccco2)C(=O)Nc2c(C)cccc2C)cc1. The fourth-order valence-corrected chi connectivity index (χ4v) is 3.59. The molecule has 0 saturated heterocycles. The second kappa shape index (κ2) is 9.70. The van der Waals surface area contributed by atoms with Crippen LogP contribution in [0.3, 0.4) is 0 Å². The van der Waals surface area contributed by atoms with Gasteiger partial charge in [-0.25, -0.2) is 4.79 Å². The number of anilines is 1. The Morgan fingerprint density at radius 1 is 1.00 bits per heavy atom. The third-order valence-corrected chi connectivity index (χ3v) is 5.95. The highest BCUT2D eigenvalue weighted by Crippen LogP contribution is 2.22. The van der Waals surface area contributed by atoms with Crippen molar-refractivity contribution < 1.29 is 21.8 Å². The van der Waals surface area contributed by atoms with Gasteiger partial charge in [0, 0.05) is 12.2 Å². The third-order valence-electron chi connectivity index (χ3n) is 4.80. The minimum atomic E-state index is -3.59. The molecule has 0 atom stereocenters. The van der Waals surface area contributed by atoms with Gasteiger partial charge in [-0.3, -0.25) is 0 Å². The molecule has 3 rings (SSSR count). The normalized spacial score (nSPS) is 11.2. The maximum absolute atomic E-state index is 13.1. The van der Waals surface area contributed by atoms with Crippen molar-refractivity contribution >= 4 is 21.8 Å². The number of urea groups is 1. The molecule has 0 aliphatic heterocycles. The van der Waals surface area contributed by atoms with Crippen LogP contribution in [0.2, 0.25) is 0 Å². The van der Waals surface area contributed by atoms with Gasteiger partial charge in [-0.2, -0.15) is 8.42 Å². The molecule has 8 heteroatoms. The van der Waals surface area contributed by atoms with Gasteiger partial charge in [-0.15, -0.1) is 0 Å². The van der Waals surface area contributed by atoms with Crippen LogP contribution in [0, 0.1) is 13.8 Å². The number of amides is 2. The molecule has 7 nitrogen and oxygen atoms in total. The second-order valence-electron chi connectivity index (χ2n) is 7.21. The lowest BCUT2D eigenvalue weighted by atomic mass is 10.1. The molecular formula is C23H26N2O5S. The van der Waals surface area contributed by atoms with Crippen molar-refractivity contribution in [1.82, 2.24) is 4.90 Å². The summed E-state index contributed by atoms with van der Waals surface area (Å²) in [7, 11) is -3.59. The van der Waals surface area contributed by atoms with Gasteiger partial charge < -0.3 is 18.8 Å². The average Bonchev–Trinajstić information content (AvgIpc) is 3.24. The van der Waals surface area contributed by atoms with Gasteiger partial charge in [0.25, 0.3) is 0 Å². The van der Waals surface area contributed by atoms with E-state index in [1.165, 1.54) is 6.92 Å². The predicted octanol–water partition coefficient (Wildman–Crippen LogP) is 4.86. The predicted molar refractivity (Wildman–Crippen MR) is 119 cm³/mol. The zero-order chi connectivity index (χ0) is 22.4. The highest BCUT2D eigenvalue weighted by molar-refractivity contribution is 7.87. The highest BCUT2D eigenvalue weighted by atomic mass is 32.2. The van der Waals surface area contributed by atoms with Gasteiger partial charge in [0.15, 0.2) is 0 Å². The van der Waals surface area contributed by atoms with E-state index in [0.29, 0.717) is 12.3 Å². The number of hydrogen-bond donors (Lipinski definition) is 1. The van der Waals surface area contributed by atoms with Gasteiger partial charge in [0.1, 0.15) is 11.5 Å². The number of para-hydroxylation sites is 1. The van der Waals surface area contributed by atoms with E-state index in [-0.39, 0.29) is 24.1 Å². The van der Waals surface area contributed by atoms with Gasteiger partial charge in [-0.05, 0) is 61.7 Å². The molecule has 1 aromatic heterocycles. The average molecular weight is 443 g/mol. The van der Waals surface area contributed by atoms with Crippen molar-refractivity contribution in [3.63, 3.8) is 0 Å². The largest absolute Gasteiger partial charge is 0.467 e. The maximum atomic E-state index is 13.1. The molecule has 2 aromatic carbocycles. The molecule has 0 aliphatic carbocycles. The van der Waals surface area contributed by atoms with E-state index in [4.69, 9.17) is 8.60 Å². The maximum Gasteiger partial charge on any atom is 0.322 e. The number of nitrogens with zero attached hydrogens (tertiary/aromatic N) is 1. The molecule has 0 spiro atoms. The Labute approximate surface area is 182 Å². The van der Waals surface area contributed by atoms with Crippen molar-refractivity contribution in [2.45, 2.75) is 33.9 Å². The molecule has 1 N–H and O–H groups in total. The van der Waals surface area contributed by atoms with Gasteiger partial charge in [0.05, 0.1) is 18.6 Å². The summed E-state index contributed by atoms with van der Waals surface area (Å²) < 4.78 is 33.7. The van der Waals surface area contributed by atoms with Gasteiger partial charge >= 0.3 is 16.1 Å². The highest BCUT2D eigenvalue weighted by Gasteiger charge is 2.18. The molecule has 3 aromatic rings. The summed E-state index contributed by atoms with van der Waals surface area (Å²) in [5, 5.41) is 3.00. The zero-order valence-corrected chi connectivity index (χ0v) is 18.6. The first-order chi connectivity index (χ1) is 14.8. The molecule has 1 heterocycles. The Balaban J connectivity index is 1.78. The van der Waals surface area contributed by atoms with Crippen LogP contribution in [0.4, 0.5) is 10.5 Å². The third kappa shape index (κ3) is 6.11. The van der Waals surface area contributed by atoms with E-state index in [1.54, 1.807) is 41.5 Å². The van der Waals surface area contributed by atoms with Crippen LogP contribution >= 0.6 is 0 Å². The van der Waals surface area contributed by atoms with E-state index in [2.05, 4.69) is 5.32 Å². The molecule has 0 bridgehead atoms. The van der Waals surface area contributed by atoms with Crippen molar-refractivity contribution in [2.75, 3.05) is 11.1 Å². The Bertz CT molecular complexity index is 1100. The van der Waals surface area contributed by atoms with E-state index in [0.717, 1.165) is 22.4 Å². The van der Waals surface area contributed by atoms with E-state index in [9.17, 15) is 13.2 Å². The lowest BCUT2D eigenvalue weighted by Gasteiger charge is -2.23. The Hall–Kier alpha value is -3.26. The number of rotatable bonds is 8. The number of furan rings is 1. The first-order valence-corrected chi connectivity index (χ1v) is 11.5. The Kier molecular flexibility index (Phi) is 7.02. The van der Waals surface area contributed by atoms with Crippen LogP contribution in [0.5, 0.6) is 5.75 Å². The van der Waals surface area contributed by atoms with Crippen LogP contribution < -0.4 is 9.50 Å². The summed E-state index contributed by atoms with van der Waals surface area (Å²) in [6.45, 7) is 6.00. The summed E-state index contributed by atoms with van der Waals surface area (Å²) in [5.74, 6) is 0.790. The summed E-state index contributed by atoms with van der Waals surface area (Å²) in [6, 6.07) is 15.8. The first kappa shape index (κ1) is 22.4. The lowest BCUT2D eigenvalue weighted by molar-refractivity contribution is 0.201. The number of nitrogens with one attached hydrogen (secondary N) is 1. The summed E-state index contributed by atoms with van der Waals surface area (Å²) in [5.41, 5.74) is 3.56. The standard InChI is InChI=1S/C23H26N2O5S/c1-4-31(27,28)30-20-12-10-19(11-13-20)15-25(16-21-9-6-14-29-21)23(26)24-22-17(2)7-5-8-18(22)3/h5-14H,4,15-16H2,1-3H3,(H,24,26). The van der Waals surface area contributed by atoms with Gasteiger partial charge in [0.2, 0.25) is 0 Å². The number of benzene rings is 2. The molecule has 31 heavy (non-hydrogen) atoms. The van der Waals surface area contributed by atoms with Gasteiger partial charge in [-0.1, -0.05) is 30.3 Å². The molecule has 0 saturated carbocycles. The van der Waals surface area contributed by atoms with Crippen LogP contribution in [0.1, 0.15) is 29.4 Å². The topological polar surface area (TPSA) is 88.9 Å². The minimum Gasteiger partial charge on any atom is -0.467 e. The number of hydrogen-bond acceptors (Lipinski definition) is 5. The number of carbonyl (C=O) groups excluding carboxylic acids is 1. The minimum absolute atomic E-state index is 0.107. The molecule has 0 unspecified atom stereocenters. The van der Waals surface area contributed by atoms with Crippen LogP contribution in [-0.4, -0.2) is 25.1 Å². The van der Waals surface area contributed by atoms with Crippen molar-refractivity contribution in [1.29, 1.82) is 0 Å². The second-order valence-corrected chi connectivity index (χ2v) is 9.07. The lowest BCUT2D eigenvalue weighted by Crippen LogP contribution is -2.34. The first-order valence-electron chi connectivity index (χ1n) is 9.93. The Morgan fingerprint density at radius 2 is 1.68 bits per heavy atom. The number of carbonyl (C=O) groups is 1. The summed E-state index contributed by atoms with van der Waals surface area (Å²) in [4.78, 5) is 14.7. The molecule has 164 valence electrons. The quantitative estimate of drug-likeness (QED) is 0.503. The smallest absolute Gasteiger partial charge is 0.322 e. The zero-order valence-electron chi connectivity index (χ0n) is 17.8. The fraction of sp³-hybridized carbons (Fsp3) is 0.261. The van der Waals surface area contributed by atoms with E-state index < -0.39 is 10.1 Å². The molecule has 0 radical (unpaired) electrons. The summed E-state index contributed by atoms with van der Waals surface area (Å²) >= 11 is 0. The van der Waals surface area contributed by atoms with Crippen LogP contribution in [-0.2, 0) is 23.2 Å².